The van der Waals surface area contributed by atoms with Gasteiger partial charge in [-0.2, -0.15) is 0 Å². The highest BCUT2D eigenvalue weighted by atomic mass is 35.5. The lowest BCUT2D eigenvalue weighted by atomic mass is 9.91. The number of hydrogen-bond acceptors (Lipinski definition) is 6. The maximum absolute atomic E-state index is 12.8. The molecule has 0 radical (unpaired) electrons. The number of esters is 1. The van der Waals surface area contributed by atoms with Crippen molar-refractivity contribution in [3.63, 3.8) is 0 Å². The van der Waals surface area contributed by atoms with Gasteiger partial charge in [-0.3, -0.25) is 14.3 Å². The molecule has 7 nitrogen and oxygen atoms in total. The van der Waals surface area contributed by atoms with Crippen LogP contribution in [0.15, 0.2) is 29.8 Å². The first kappa shape index (κ1) is 19.6. The van der Waals surface area contributed by atoms with Gasteiger partial charge in [-0.1, -0.05) is 29.3 Å². The molecule has 0 saturated heterocycles. The molecule has 1 aromatic rings. The molecule has 0 aliphatic carbocycles. The van der Waals surface area contributed by atoms with E-state index >= 15 is 0 Å². The average Bonchev–Trinajstić information content (AvgIpc) is 2.74. The summed E-state index contributed by atoms with van der Waals surface area (Å²) < 4.78 is 36.2. The Kier molecular flexibility index (Phi) is 5.36. The predicted molar refractivity (Wildman–Crippen MR) is 91.3 cm³/mol. The Hall–Kier alpha value is -1.77. The molecule has 1 aliphatic rings. The number of ketones is 1. The standard InChI is InChI=1S/C15H15Cl2NO6S/c1-4-25(21,22)18-14-12(23-8(2)19)13(20)15(3,24-14)9-5-6-10(16)11(17)7-9/h5-7,18H,4H2,1-3H3. The van der Waals surface area contributed by atoms with Crippen molar-refractivity contribution < 1.29 is 27.5 Å². The predicted octanol–water partition coefficient (Wildman–Crippen LogP) is 2.48. The molecule has 0 amide bonds. The Balaban J connectivity index is 2.50. The maximum atomic E-state index is 12.8. The number of sulfonamides is 1. The van der Waals surface area contributed by atoms with Crippen molar-refractivity contribution in [1.29, 1.82) is 0 Å². The highest BCUT2D eigenvalue weighted by Gasteiger charge is 2.50. The summed E-state index contributed by atoms with van der Waals surface area (Å²) in [7, 11) is -3.77. The van der Waals surface area contributed by atoms with Gasteiger partial charge in [0.1, 0.15) is 0 Å². The van der Waals surface area contributed by atoms with E-state index in [2.05, 4.69) is 4.72 Å². The fourth-order valence-corrected chi connectivity index (χ4v) is 2.98. The molecule has 0 bridgehead atoms. The van der Waals surface area contributed by atoms with Crippen molar-refractivity contribution in [2.24, 2.45) is 0 Å². The first-order chi connectivity index (χ1) is 11.5. The average molecular weight is 408 g/mol. The van der Waals surface area contributed by atoms with Crippen LogP contribution in [0.2, 0.25) is 10.0 Å². The van der Waals surface area contributed by atoms with E-state index in [1.807, 2.05) is 0 Å². The summed E-state index contributed by atoms with van der Waals surface area (Å²) in [5.41, 5.74) is -1.31. The highest BCUT2D eigenvalue weighted by molar-refractivity contribution is 7.89. The molecule has 0 fully saturated rings. The van der Waals surface area contributed by atoms with E-state index in [9.17, 15) is 18.0 Å². The number of Topliss-reactive ketones (excluding diaryl/α,β-unsaturated/α-hetero) is 1. The topological polar surface area (TPSA) is 98.8 Å². The van der Waals surface area contributed by atoms with Crippen LogP contribution in [0, 0.1) is 0 Å². The fraction of sp³-hybridized carbons (Fsp3) is 0.333. The van der Waals surface area contributed by atoms with Crippen LogP contribution in [0.4, 0.5) is 0 Å². The number of carbonyl (C=O) groups excluding carboxylic acids is 2. The van der Waals surface area contributed by atoms with Crippen LogP contribution in [0.3, 0.4) is 0 Å². The number of rotatable bonds is 5. The van der Waals surface area contributed by atoms with Gasteiger partial charge in [0, 0.05) is 12.5 Å². The zero-order valence-corrected chi connectivity index (χ0v) is 15.9. The van der Waals surface area contributed by atoms with Crippen LogP contribution >= 0.6 is 23.2 Å². The number of carbonyl (C=O) groups is 2. The minimum absolute atomic E-state index is 0.188. The number of ether oxygens (including phenoxy) is 2. The van der Waals surface area contributed by atoms with Gasteiger partial charge in [0.25, 0.3) is 5.78 Å². The first-order valence-corrected chi connectivity index (χ1v) is 9.53. The zero-order valence-electron chi connectivity index (χ0n) is 13.6. The summed E-state index contributed by atoms with van der Waals surface area (Å²) in [4.78, 5) is 24.1. The first-order valence-electron chi connectivity index (χ1n) is 7.12. The van der Waals surface area contributed by atoms with Crippen LogP contribution < -0.4 is 4.72 Å². The fourth-order valence-electron chi connectivity index (χ4n) is 2.12. The summed E-state index contributed by atoms with van der Waals surface area (Å²) in [5, 5.41) is 0.466. The summed E-state index contributed by atoms with van der Waals surface area (Å²) in [6, 6.07) is 4.40. The largest absolute Gasteiger partial charge is 0.456 e. The van der Waals surface area contributed by atoms with Crippen LogP contribution in [-0.4, -0.2) is 25.9 Å². The summed E-state index contributed by atoms with van der Waals surface area (Å²) >= 11 is 11.9. The van der Waals surface area contributed by atoms with E-state index in [4.69, 9.17) is 32.7 Å². The third kappa shape index (κ3) is 3.91. The molecular formula is C15H15Cl2NO6S. The van der Waals surface area contributed by atoms with E-state index in [-0.39, 0.29) is 15.8 Å². The van der Waals surface area contributed by atoms with Crippen molar-refractivity contribution in [3.05, 3.63) is 45.5 Å². The molecule has 1 N–H and O–H groups in total. The van der Waals surface area contributed by atoms with Crippen molar-refractivity contribution in [1.82, 2.24) is 4.72 Å². The zero-order chi connectivity index (χ0) is 19.0. The smallest absolute Gasteiger partial charge is 0.308 e. The molecule has 0 saturated carbocycles. The summed E-state index contributed by atoms with van der Waals surface area (Å²) in [6.45, 7) is 3.90. The number of hydrogen-bond donors (Lipinski definition) is 1. The van der Waals surface area contributed by atoms with Crippen molar-refractivity contribution >= 4 is 45.0 Å². The molecule has 1 aromatic carbocycles. The molecule has 0 spiro atoms. The van der Waals surface area contributed by atoms with Crippen LogP contribution in [-0.2, 0) is 34.7 Å². The van der Waals surface area contributed by atoms with Crippen molar-refractivity contribution in [2.45, 2.75) is 26.4 Å². The summed E-state index contributed by atoms with van der Waals surface area (Å²) in [5.74, 6) is -2.74. The van der Waals surface area contributed by atoms with Gasteiger partial charge in [0.15, 0.2) is 5.60 Å². The lowest BCUT2D eigenvalue weighted by molar-refractivity contribution is -0.142. The monoisotopic (exact) mass is 407 g/mol. The lowest BCUT2D eigenvalue weighted by Gasteiger charge is -2.24. The van der Waals surface area contributed by atoms with E-state index < -0.39 is 39.0 Å². The number of nitrogens with one attached hydrogen (secondary N) is 1. The molecule has 2 rings (SSSR count). The minimum Gasteiger partial charge on any atom is -0.456 e. The van der Waals surface area contributed by atoms with Gasteiger partial charge in [-0.25, -0.2) is 8.42 Å². The third-order valence-corrected chi connectivity index (χ3v) is 5.49. The van der Waals surface area contributed by atoms with Gasteiger partial charge in [-0.15, -0.1) is 0 Å². The normalized spacial score (nSPS) is 20.4. The Morgan fingerprint density at radius 1 is 1.32 bits per heavy atom. The molecule has 1 atom stereocenters. The molecule has 10 heteroatoms. The van der Waals surface area contributed by atoms with Crippen molar-refractivity contribution in [3.8, 4) is 0 Å². The molecule has 1 unspecified atom stereocenters. The second kappa shape index (κ2) is 6.86. The molecular weight excluding hydrogens is 393 g/mol. The Labute approximate surface area is 154 Å². The minimum atomic E-state index is -3.77. The van der Waals surface area contributed by atoms with Gasteiger partial charge in [-0.05, 0) is 26.0 Å². The van der Waals surface area contributed by atoms with E-state index in [0.29, 0.717) is 5.56 Å². The second-order valence-corrected chi connectivity index (χ2v) is 8.18. The van der Waals surface area contributed by atoms with E-state index in [1.165, 1.54) is 32.0 Å². The second-order valence-electron chi connectivity index (χ2n) is 5.35. The Morgan fingerprint density at radius 3 is 2.48 bits per heavy atom. The highest BCUT2D eigenvalue weighted by Crippen LogP contribution is 2.40. The molecule has 1 heterocycles. The maximum Gasteiger partial charge on any atom is 0.308 e. The van der Waals surface area contributed by atoms with E-state index in [0.717, 1.165) is 6.92 Å². The Morgan fingerprint density at radius 2 is 1.96 bits per heavy atom. The molecule has 136 valence electrons. The summed E-state index contributed by atoms with van der Waals surface area (Å²) in [6.07, 6.45) is 0. The SMILES string of the molecule is CCS(=O)(=O)NC1=C(OC(C)=O)C(=O)C(C)(c2ccc(Cl)c(Cl)c2)O1. The van der Waals surface area contributed by atoms with E-state index in [1.54, 1.807) is 0 Å². The third-order valence-electron chi connectivity index (χ3n) is 3.50. The Bertz CT molecular complexity index is 880. The molecule has 0 aromatic heterocycles. The van der Waals surface area contributed by atoms with Gasteiger partial charge < -0.3 is 9.47 Å². The van der Waals surface area contributed by atoms with Gasteiger partial charge in [0.05, 0.1) is 15.8 Å². The molecule has 25 heavy (non-hydrogen) atoms. The number of benzene rings is 1. The van der Waals surface area contributed by atoms with Gasteiger partial charge >= 0.3 is 5.97 Å². The van der Waals surface area contributed by atoms with Gasteiger partial charge in [0.2, 0.25) is 21.7 Å². The lowest BCUT2D eigenvalue weighted by Crippen LogP contribution is -2.32. The van der Waals surface area contributed by atoms with Crippen molar-refractivity contribution in [2.75, 3.05) is 5.75 Å². The number of halogens is 2. The van der Waals surface area contributed by atoms with Crippen LogP contribution in [0.1, 0.15) is 26.3 Å². The van der Waals surface area contributed by atoms with Crippen LogP contribution in [0.5, 0.6) is 0 Å². The quantitative estimate of drug-likeness (QED) is 0.752. The van der Waals surface area contributed by atoms with Crippen LogP contribution in [0.25, 0.3) is 0 Å². The molecule has 1 aliphatic heterocycles.